The fraction of sp³-hybridized carbons (Fsp3) is 0.250. The Morgan fingerprint density at radius 1 is 1.28 bits per heavy atom. The van der Waals surface area contributed by atoms with Gasteiger partial charge in [0.25, 0.3) is 0 Å². The molecular formula is C12H12N4O2. The molecule has 1 aliphatic heterocycles. The van der Waals surface area contributed by atoms with Gasteiger partial charge in [-0.15, -0.1) is 0 Å². The Balaban J connectivity index is 2.08. The van der Waals surface area contributed by atoms with E-state index < -0.39 is 0 Å². The maximum atomic E-state index is 11.7. The van der Waals surface area contributed by atoms with Crippen LogP contribution in [0.3, 0.4) is 0 Å². The van der Waals surface area contributed by atoms with E-state index in [1.807, 2.05) is 6.07 Å². The number of nitrogens with two attached hydrogens (primary N) is 1. The van der Waals surface area contributed by atoms with Gasteiger partial charge < -0.3 is 10.7 Å². The Bertz CT molecular complexity index is 679. The quantitative estimate of drug-likeness (QED) is 0.737. The molecule has 0 saturated carbocycles. The molecular weight excluding hydrogens is 232 g/mol. The molecule has 1 unspecified atom stereocenters. The number of pyridine rings is 2. The highest BCUT2D eigenvalue weighted by Gasteiger charge is 2.28. The maximum absolute atomic E-state index is 11.7. The Hall–Kier alpha value is -2.21. The van der Waals surface area contributed by atoms with Crippen LogP contribution in [-0.2, 0) is 4.79 Å². The van der Waals surface area contributed by atoms with Gasteiger partial charge >= 0.3 is 0 Å². The molecule has 1 fully saturated rings. The van der Waals surface area contributed by atoms with Gasteiger partial charge in [-0.05, 0) is 18.2 Å². The highest BCUT2D eigenvalue weighted by atomic mass is 16.2. The van der Waals surface area contributed by atoms with Crippen LogP contribution in [0.1, 0.15) is 6.42 Å². The molecule has 2 aromatic heterocycles. The van der Waals surface area contributed by atoms with E-state index in [1.54, 1.807) is 17.0 Å². The van der Waals surface area contributed by atoms with Crippen molar-refractivity contribution in [2.45, 2.75) is 12.5 Å². The number of fused-ring (bicyclic) bond motifs is 1. The third-order valence-electron chi connectivity index (χ3n) is 3.00. The van der Waals surface area contributed by atoms with Crippen molar-refractivity contribution in [3.63, 3.8) is 0 Å². The fourth-order valence-corrected chi connectivity index (χ4v) is 2.13. The topological polar surface area (TPSA) is 92.1 Å². The summed E-state index contributed by atoms with van der Waals surface area (Å²) in [4.78, 5) is 31.5. The smallest absolute Gasteiger partial charge is 0.249 e. The number of carbonyl (C=O) groups excluding carboxylic acids is 1. The highest BCUT2D eigenvalue weighted by molar-refractivity contribution is 5.96. The summed E-state index contributed by atoms with van der Waals surface area (Å²) in [6.45, 7) is 0.467. The summed E-state index contributed by atoms with van der Waals surface area (Å²) >= 11 is 0. The molecule has 3 heterocycles. The Kier molecular flexibility index (Phi) is 2.38. The lowest BCUT2D eigenvalue weighted by Gasteiger charge is -2.14. The largest absolute Gasteiger partial charge is 0.326 e. The van der Waals surface area contributed by atoms with E-state index in [4.69, 9.17) is 5.73 Å². The van der Waals surface area contributed by atoms with E-state index in [2.05, 4.69) is 9.97 Å². The summed E-state index contributed by atoms with van der Waals surface area (Å²) in [5, 5.41) is 0.828. The average Bonchev–Trinajstić information content (AvgIpc) is 2.67. The fourth-order valence-electron chi connectivity index (χ4n) is 2.13. The summed E-state index contributed by atoms with van der Waals surface area (Å²) in [6.07, 6.45) is 0.338. The number of hydrogen-bond acceptors (Lipinski definition) is 4. The van der Waals surface area contributed by atoms with Crippen molar-refractivity contribution in [2.24, 2.45) is 5.73 Å². The Morgan fingerprint density at radius 3 is 2.78 bits per heavy atom. The van der Waals surface area contributed by atoms with Crippen molar-refractivity contribution >= 4 is 22.8 Å². The second kappa shape index (κ2) is 3.92. The molecule has 92 valence electrons. The van der Waals surface area contributed by atoms with E-state index in [-0.39, 0.29) is 17.5 Å². The molecule has 0 aliphatic carbocycles. The molecule has 6 heteroatoms. The third kappa shape index (κ3) is 1.76. The normalized spacial score (nSPS) is 19.7. The van der Waals surface area contributed by atoms with Crippen molar-refractivity contribution < 1.29 is 4.79 Å². The first-order valence-electron chi connectivity index (χ1n) is 5.69. The summed E-state index contributed by atoms with van der Waals surface area (Å²) in [6, 6.07) is 6.58. The van der Waals surface area contributed by atoms with Crippen LogP contribution in [-0.4, -0.2) is 28.5 Å². The lowest BCUT2D eigenvalue weighted by molar-refractivity contribution is -0.117. The van der Waals surface area contributed by atoms with Crippen LogP contribution >= 0.6 is 0 Å². The van der Waals surface area contributed by atoms with Gasteiger partial charge in [0.05, 0.1) is 0 Å². The van der Waals surface area contributed by atoms with E-state index in [9.17, 15) is 9.59 Å². The van der Waals surface area contributed by atoms with E-state index in [1.165, 1.54) is 6.07 Å². The third-order valence-corrected chi connectivity index (χ3v) is 3.00. The molecule has 3 rings (SSSR count). The molecule has 1 amide bonds. The number of rotatable bonds is 1. The number of nitrogens with zero attached hydrogens (tertiary/aromatic N) is 2. The zero-order valence-corrected chi connectivity index (χ0v) is 9.59. The van der Waals surface area contributed by atoms with Crippen molar-refractivity contribution in [3.8, 4) is 0 Å². The molecule has 1 saturated heterocycles. The summed E-state index contributed by atoms with van der Waals surface area (Å²) in [7, 11) is 0. The molecule has 0 aromatic carbocycles. The van der Waals surface area contributed by atoms with Crippen molar-refractivity contribution in [3.05, 3.63) is 34.6 Å². The second-order valence-electron chi connectivity index (χ2n) is 4.40. The van der Waals surface area contributed by atoms with Gasteiger partial charge in [-0.1, -0.05) is 0 Å². The number of aromatic nitrogens is 2. The van der Waals surface area contributed by atoms with Gasteiger partial charge in [0, 0.05) is 30.5 Å². The zero-order chi connectivity index (χ0) is 12.7. The number of hydrogen-bond donors (Lipinski definition) is 2. The minimum Gasteiger partial charge on any atom is -0.326 e. The maximum Gasteiger partial charge on any atom is 0.249 e. The minimum absolute atomic E-state index is 0.0346. The number of nitrogens with one attached hydrogen (secondary N) is 1. The molecule has 1 atom stereocenters. The predicted octanol–water partition coefficient (Wildman–Crippen LogP) is -0.0129. The predicted molar refractivity (Wildman–Crippen MR) is 67.3 cm³/mol. The minimum atomic E-state index is -0.211. The van der Waals surface area contributed by atoms with Crippen LogP contribution in [0.15, 0.2) is 29.1 Å². The average molecular weight is 244 g/mol. The zero-order valence-electron chi connectivity index (χ0n) is 9.59. The van der Waals surface area contributed by atoms with Crippen LogP contribution in [0.2, 0.25) is 0 Å². The van der Waals surface area contributed by atoms with Crippen LogP contribution < -0.4 is 16.2 Å². The van der Waals surface area contributed by atoms with Gasteiger partial charge in [0.15, 0.2) is 0 Å². The molecule has 1 aliphatic rings. The first kappa shape index (κ1) is 10.9. The summed E-state index contributed by atoms with van der Waals surface area (Å²) in [5.41, 5.74) is 6.01. The molecule has 0 spiro atoms. The SMILES string of the molecule is NC1CC(=O)N(c2ccc3ccc(=O)[nH]c3n2)C1. The van der Waals surface area contributed by atoms with Crippen LogP contribution in [0.5, 0.6) is 0 Å². The number of amides is 1. The van der Waals surface area contributed by atoms with Crippen molar-refractivity contribution in [2.75, 3.05) is 11.4 Å². The molecule has 2 aromatic rings. The van der Waals surface area contributed by atoms with Gasteiger partial charge in [-0.3, -0.25) is 14.5 Å². The highest BCUT2D eigenvalue weighted by Crippen LogP contribution is 2.20. The molecule has 6 nitrogen and oxygen atoms in total. The monoisotopic (exact) mass is 244 g/mol. The second-order valence-corrected chi connectivity index (χ2v) is 4.40. The van der Waals surface area contributed by atoms with E-state index in [0.717, 1.165) is 5.39 Å². The number of aromatic amines is 1. The van der Waals surface area contributed by atoms with E-state index >= 15 is 0 Å². The molecule has 0 bridgehead atoms. The number of carbonyl (C=O) groups is 1. The Morgan fingerprint density at radius 2 is 2.06 bits per heavy atom. The first-order chi connectivity index (χ1) is 8.63. The van der Waals surface area contributed by atoms with Gasteiger partial charge in [0.2, 0.25) is 11.5 Å². The molecule has 18 heavy (non-hydrogen) atoms. The van der Waals surface area contributed by atoms with Gasteiger partial charge in [-0.2, -0.15) is 0 Å². The van der Waals surface area contributed by atoms with Crippen LogP contribution in [0.4, 0.5) is 5.82 Å². The summed E-state index contributed by atoms with van der Waals surface area (Å²) < 4.78 is 0. The number of anilines is 1. The van der Waals surface area contributed by atoms with Gasteiger partial charge in [0.1, 0.15) is 11.5 Å². The van der Waals surface area contributed by atoms with Crippen molar-refractivity contribution in [1.29, 1.82) is 0 Å². The molecule has 0 radical (unpaired) electrons. The Labute approximate surface area is 102 Å². The lowest BCUT2D eigenvalue weighted by atomic mass is 10.3. The number of H-pyrrole nitrogens is 1. The standard InChI is InChI=1S/C12H12N4O2/c13-8-5-11(18)16(6-8)9-3-1-7-2-4-10(17)15-12(7)14-9/h1-4,8H,5-6,13H2,(H,14,15,17). The van der Waals surface area contributed by atoms with Crippen LogP contribution in [0, 0.1) is 0 Å². The lowest BCUT2D eigenvalue weighted by Crippen LogP contribution is -2.28. The molecule has 3 N–H and O–H groups in total. The van der Waals surface area contributed by atoms with Gasteiger partial charge in [-0.25, -0.2) is 4.98 Å². The van der Waals surface area contributed by atoms with Crippen LogP contribution in [0.25, 0.3) is 11.0 Å². The first-order valence-corrected chi connectivity index (χ1v) is 5.69. The van der Waals surface area contributed by atoms with E-state index in [0.29, 0.717) is 24.4 Å². The van der Waals surface area contributed by atoms with Crippen molar-refractivity contribution in [1.82, 2.24) is 9.97 Å². The summed E-state index contributed by atoms with van der Waals surface area (Å²) in [5.74, 6) is 0.495.